The molecule has 0 aliphatic rings. The van der Waals surface area contributed by atoms with E-state index in [4.69, 9.17) is 17.0 Å². The van der Waals surface area contributed by atoms with Crippen LogP contribution in [0.25, 0.3) is 0 Å². The van der Waals surface area contributed by atoms with Gasteiger partial charge in [0.05, 0.1) is 7.11 Å². The highest BCUT2D eigenvalue weighted by Crippen LogP contribution is 2.16. The van der Waals surface area contributed by atoms with Crippen molar-refractivity contribution in [3.63, 3.8) is 0 Å². The van der Waals surface area contributed by atoms with Crippen LogP contribution in [0.5, 0.6) is 0 Å². The van der Waals surface area contributed by atoms with Gasteiger partial charge in [-0.1, -0.05) is 77.2 Å². The smallest absolute Gasteiger partial charge is 0.166 e. The molecule has 1 nitrogen and oxygen atoms in total. The first-order chi connectivity index (χ1) is 9.26. The summed E-state index contributed by atoms with van der Waals surface area (Å²) >= 11 is 5.15. The number of hydrogen-bond donors (Lipinski definition) is 0. The van der Waals surface area contributed by atoms with Gasteiger partial charge in [0.15, 0.2) is 5.05 Å². The van der Waals surface area contributed by atoms with Gasteiger partial charge in [0.1, 0.15) is 0 Å². The van der Waals surface area contributed by atoms with Crippen LogP contribution >= 0.6 is 12.2 Å². The first-order valence-electron chi connectivity index (χ1n) is 7.96. The lowest BCUT2D eigenvalue weighted by molar-refractivity contribution is 0.383. The molecular weight excluding hydrogens is 252 g/mol. The molecule has 0 bridgehead atoms. The van der Waals surface area contributed by atoms with Gasteiger partial charge in [-0.05, 0) is 18.6 Å². The Morgan fingerprint density at radius 2 is 1.47 bits per heavy atom. The molecule has 0 amide bonds. The van der Waals surface area contributed by atoms with Crippen molar-refractivity contribution >= 4 is 17.3 Å². The normalized spacial score (nSPS) is 12.1. The number of methoxy groups -OCH3 is 1. The quantitative estimate of drug-likeness (QED) is 0.230. The lowest BCUT2D eigenvalue weighted by Gasteiger charge is -2.12. The summed E-state index contributed by atoms with van der Waals surface area (Å²) in [6.45, 7) is 6.10. The fraction of sp³-hybridized carbons (Fsp3) is 0.824. The highest BCUT2D eigenvalue weighted by Gasteiger charge is 2.09. The Morgan fingerprint density at radius 3 is 1.89 bits per heavy atom. The SMILES string of the molecule is C=CC(CCCCCCCCCCCC)C(=S)OC. The molecule has 112 valence electrons. The van der Waals surface area contributed by atoms with Crippen molar-refractivity contribution in [2.45, 2.75) is 77.6 Å². The Morgan fingerprint density at radius 1 is 1.00 bits per heavy atom. The van der Waals surface area contributed by atoms with Gasteiger partial charge in [-0.15, -0.1) is 6.58 Å². The molecule has 0 radical (unpaired) electrons. The van der Waals surface area contributed by atoms with Gasteiger partial charge in [0.2, 0.25) is 0 Å². The van der Waals surface area contributed by atoms with E-state index in [-0.39, 0.29) is 5.92 Å². The van der Waals surface area contributed by atoms with Crippen LogP contribution in [0.4, 0.5) is 0 Å². The van der Waals surface area contributed by atoms with Crippen LogP contribution in [0.1, 0.15) is 77.6 Å². The third-order valence-electron chi connectivity index (χ3n) is 3.66. The lowest BCUT2D eigenvalue weighted by Crippen LogP contribution is -2.11. The minimum atomic E-state index is 0.258. The Hall–Kier alpha value is -0.370. The molecule has 0 saturated carbocycles. The van der Waals surface area contributed by atoms with Crippen LogP contribution in [-0.4, -0.2) is 12.2 Å². The lowest BCUT2D eigenvalue weighted by atomic mass is 10.0. The Balaban J connectivity index is 3.30. The van der Waals surface area contributed by atoms with Gasteiger partial charge in [0.25, 0.3) is 0 Å². The molecule has 1 atom stereocenters. The molecule has 0 N–H and O–H groups in total. The van der Waals surface area contributed by atoms with Crippen LogP contribution < -0.4 is 0 Å². The molecule has 0 aromatic carbocycles. The molecule has 0 aromatic rings. The molecular formula is C17H32OS. The van der Waals surface area contributed by atoms with Gasteiger partial charge in [0, 0.05) is 5.92 Å². The van der Waals surface area contributed by atoms with E-state index in [1.165, 1.54) is 64.2 Å². The van der Waals surface area contributed by atoms with Crippen LogP contribution in [0.15, 0.2) is 12.7 Å². The first-order valence-corrected chi connectivity index (χ1v) is 8.37. The maximum Gasteiger partial charge on any atom is 0.166 e. The van der Waals surface area contributed by atoms with E-state index in [2.05, 4.69) is 13.5 Å². The molecule has 0 saturated heterocycles. The van der Waals surface area contributed by atoms with Crippen molar-refractivity contribution in [1.82, 2.24) is 0 Å². The second-order valence-corrected chi connectivity index (χ2v) is 5.74. The van der Waals surface area contributed by atoms with E-state index in [0.717, 1.165) is 6.42 Å². The zero-order valence-corrected chi connectivity index (χ0v) is 13.8. The minimum Gasteiger partial charge on any atom is -0.490 e. The topological polar surface area (TPSA) is 9.23 Å². The molecule has 0 heterocycles. The fourth-order valence-corrected chi connectivity index (χ4v) is 2.55. The van der Waals surface area contributed by atoms with Crippen molar-refractivity contribution in [2.75, 3.05) is 7.11 Å². The van der Waals surface area contributed by atoms with Gasteiger partial charge < -0.3 is 4.74 Å². The summed E-state index contributed by atoms with van der Waals surface area (Å²) in [5.41, 5.74) is 0. The van der Waals surface area contributed by atoms with E-state index >= 15 is 0 Å². The highest BCUT2D eigenvalue weighted by molar-refractivity contribution is 7.80. The average molecular weight is 285 g/mol. The van der Waals surface area contributed by atoms with Crippen LogP contribution in [0.3, 0.4) is 0 Å². The van der Waals surface area contributed by atoms with Crippen LogP contribution in [-0.2, 0) is 4.74 Å². The maximum absolute atomic E-state index is 5.15. The second kappa shape index (κ2) is 14.0. The van der Waals surface area contributed by atoms with E-state index in [9.17, 15) is 0 Å². The molecule has 2 heteroatoms. The summed E-state index contributed by atoms with van der Waals surface area (Å²) in [5, 5.41) is 0.686. The fourth-order valence-electron chi connectivity index (χ4n) is 2.33. The standard InChI is InChI=1S/C17H32OS/c1-4-6-7-8-9-10-11-12-13-14-15-16(5-2)17(19)18-3/h5,16H,2,4,6-15H2,1,3H3. The summed E-state index contributed by atoms with van der Waals surface area (Å²) in [6.07, 6.45) is 16.7. The Labute approximate surface area is 125 Å². The van der Waals surface area contributed by atoms with Crippen LogP contribution in [0, 0.1) is 5.92 Å². The third-order valence-corrected chi connectivity index (χ3v) is 4.13. The zero-order valence-electron chi connectivity index (χ0n) is 13.0. The van der Waals surface area contributed by atoms with Crippen molar-refractivity contribution in [1.29, 1.82) is 0 Å². The van der Waals surface area contributed by atoms with Crippen molar-refractivity contribution in [2.24, 2.45) is 5.92 Å². The highest BCUT2D eigenvalue weighted by atomic mass is 32.1. The average Bonchev–Trinajstić information content (AvgIpc) is 2.44. The number of unbranched alkanes of at least 4 members (excludes halogenated alkanes) is 9. The summed E-state index contributed by atoms with van der Waals surface area (Å²) in [5.74, 6) is 0.258. The summed E-state index contributed by atoms with van der Waals surface area (Å²) in [6, 6.07) is 0. The van der Waals surface area contributed by atoms with Crippen LogP contribution in [0.2, 0.25) is 0 Å². The maximum atomic E-state index is 5.15. The predicted octanol–water partition coefficient (Wildman–Crippen LogP) is 6.07. The summed E-state index contributed by atoms with van der Waals surface area (Å²) in [7, 11) is 1.65. The van der Waals surface area contributed by atoms with E-state index < -0.39 is 0 Å². The summed E-state index contributed by atoms with van der Waals surface area (Å²) < 4.78 is 5.11. The monoisotopic (exact) mass is 284 g/mol. The number of hydrogen-bond acceptors (Lipinski definition) is 2. The van der Waals surface area contributed by atoms with E-state index in [1.54, 1.807) is 7.11 Å². The van der Waals surface area contributed by atoms with Gasteiger partial charge in [-0.2, -0.15) is 0 Å². The van der Waals surface area contributed by atoms with E-state index in [0.29, 0.717) is 5.05 Å². The number of rotatable bonds is 13. The number of ether oxygens (including phenoxy) is 1. The molecule has 1 unspecified atom stereocenters. The van der Waals surface area contributed by atoms with Gasteiger partial charge in [-0.25, -0.2) is 0 Å². The largest absolute Gasteiger partial charge is 0.490 e. The first kappa shape index (κ1) is 18.6. The van der Waals surface area contributed by atoms with E-state index in [1.807, 2.05) is 6.08 Å². The Bertz CT molecular complexity index is 225. The molecule has 19 heavy (non-hydrogen) atoms. The minimum absolute atomic E-state index is 0.258. The zero-order chi connectivity index (χ0) is 14.3. The van der Waals surface area contributed by atoms with Crippen molar-refractivity contribution in [3.05, 3.63) is 12.7 Å². The van der Waals surface area contributed by atoms with Crippen molar-refractivity contribution in [3.8, 4) is 0 Å². The Kier molecular flexibility index (Phi) is 13.8. The third kappa shape index (κ3) is 11.2. The molecule has 0 rings (SSSR count). The second-order valence-electron chi connectivity index (χ2n) is 5.34. The van der Waals surface area contributed by atoms with Crippen molar-refractivity contribution < 1.29 is 4.74 Å². The molecule has 0 aliphatic heterocycles. The number of thiocarbonyl (C=S) groups is 1. The molecule has 0 spiro atoms. The predicted molar refractivity (Wildman–Crippen MR) is 89.8 cm³/mol. The van der Waals surface area contributed by atoms with Gasteiger partial charge >= 0.3 is 0 Å². The summed E-state index contributed by atoms with van der Waals surface area (Å²) in [4.78, 5) is 0. The molecule has 0 fully saturated rings. The molecule has 0 aliphatic carbocycles. The van der Waals surface area contributed by atoms with Gasteiger partial charge in [-0.3, -0.25) is 0 Å². The molecule has 0 aromatic heterocycles.